The summed E-state index contributed by atoms with van der Waals surface area (Å²) in [6.45, 7) is 6.88. The lowest BCUT2D eigenvalue weighted by Crippen LogP contribution is -2.40. The first-order valence-corrected chi connectivity index (χ1v) is 10.6. The molecule has 1 saturated heterocycles. The van der Waals surface area contributed by atoms with E-state index in [1.54, 1.807) is 11.6 Å². The van der Waals surface area contributed by atoms with Gasteiger partial charge in [0, 0.05) is 35.9 Å². The number of ether oxygens (including phenoxy) is 1. The molecule has 1 aliphatic rings. The summed E-state index contributed by atoms with van der Waals surface area (Å²) in [7, 11) is 1.80. The van der Waals surface area contributed by atoms with Crippen molar-refractivity contribution in [3.63, 3.8) is 0 Å². The lowest BCUT2D eigenvalue weighted by Gasteiger charge is -2.29. The molecule has 0 radical (unpaired) electrons. The van der Waals surface area contributed by atoms with E-state index in [0.717, 1.165) is 39.9 Å². The maximum absolute atomic E-state index is 13.2. The number of hydrogen-bond donors (Lipinski definition) is 1. The first-order chi connectivity index (χ1) is 14.0. The van der Waals surface area contributed by atoms with Gasteiger partial charge < -0.3 is 15.0 Å². The maximum Gasteiger partial charge on any atom is 0.262 e. The molecule has 1 aromatic heterocycles. The predicted octanol–water partition coefficient (Wildman–Crippen LogP) is 4.01. The largest absolute Gasteiger partial charge is 0.378 e. The number of morpholine rings is 1. The highest BCUT2D eigenvalue weighted by molar-refractivity contribution is 9.10. The summed E-state index contributed by atoms with van der Waals surface area (Å²) in [5.74, 6) is 0.698. The fourth-order valence-electron chi connectivity index (χ4n) is 3.81. The molecular formula is C22H25BrN4O2. The van der Waals surface area contributed by atoms with Gasteiger partial charge in [0.05, 0.1) is 30.2 Å². The SMILES string of the molecule is Cc1cc([C@@H](C)Nc2ccccc2Br)c2nc(N3CCOCC3)n(C)c(=O)c2c1. The van der Waals surface area contributed by atoms with Gasteiger partial charge in [-0.25, -0.2) is 4.98 Å². The number of anilines is 2. The van der Waals surface area contributed by atoms with Crippen molar-refractivity contribution in [2.75, 3.05) is 36.5 Å². The molecule has 2 heterocycles. The molecule has 1 N–H and O–H groups in total. The molecule has 1 aliphatic heterocycles. The van der Waals surface area contributed by atoms with Gasteiger partial charge in [-0.05, 0) is 53.5 Å². The van der Waals surface area contributed by atoms with Crippen LogP contribution in [-0.4, -0.2) is 35.9 Å². The van der Waals surface area contributed by atoms with Crippen molar-refractivity contribution in [3.05, 3.63) is 62.4 Å². The second-order valence-corrected chi connectivity index (χ2v) is 8.33. The molecule has 1 atom stereocenters. The highest BCUT2D eigenvalue weighted by Crippen LogP contribution is 2.30. The third-order valence-corrected chi connectivity index (χ3v) is 6.03. The van der Waals surface area contributed by atoms with E-state index in [-0.39, 0.29) is 11.6 Å². The molecule has 3 aromatic rings. The van der Waals surface area contributed by atoms with Crippen LogP contribution in [0.1, 0.15) is 24.1 Å². The molecule has 29 heavy (non-hydrogen) atoms. The lowest BCUT2D eigenvalue weighted by atomic mass is 10.0. The van der Waals surface area contributed by atoms with E-state index in [1.165, 1.54) is 0 Å². The zero-order chi connectivity index (χ0) is 20.5. The van der Waals surface area contributed by atoms with Crippen molar-refractivity contribution in [3.8, 4) is 0 Å². The van der Waals surface area contributed by atoms with Crippen LogP contribution in [0.5, 0.6) is 0 Å². The third-order valence-electron chi connectivity index (χ3n) is 5.34. The Morgan fingerprint density at radius 3 is 2.66 bits per heavy atom. The van der Waals surface area contributed by atoms with Crippen LogP contribution < -0.4 is 15.8 Å². The van der Waals surface area contributed by atoms with Crippen LogP contribution in [-0.2, 0) is 11.8 Å². The van der Waals surface area contributed by atoms with E-state index in [1.807, 2.05) is 37.3 Å². The summed E-state index contributed by atoms with van der Waals surface area (Å²) in [5, 5.41) is 4.20. The fraction of sp³-hybridized carbons (Fsp3) is 0.364. The topological polar surface area (TPSA) is 59.4 Å². The average Bonchev–Trinajstić information content (AvgIpc) is 2.72. The normalized spacial score (nSPS) is 15.5. The van der Waals surface area contributed by atoms with Crippen LogP contribution in [0.3, 0.4) is 0 Å². The van der Waals surface area contributed by atoms with Crippen LogP contribution >= 0.6 is 15.9 Å². The summed E-state index contributed by atoms with van der Waals surface area (Å²) in [6.07, 6.45) is 0. The van der Waals surface area contributed by atoms with Gasteiger partial charge in [0.15, 0.2) is 0 Å². The minimum atomic E-state index is -0.0201. The Labute approximate surface area is 178 Å². The number of nitrogens with zero attached hydrogens (tertiary/aromatic N) is 3. The molecule has 2 aromatic carbocycles. The molecule has 152 valence electrons. The number of fused-ring (bicyclic) bond motifs is 1. The highest BCUT2D eigenvalue weighted by atomic mass is 79.9. The molecule has 0 bridgehead atoms. The van der Waals surface area contributed by atoms with E-state index in [9.17, 15) is 4.79 Å². The number of nitrogens with one attached hydrogen (secondary N) is 1. The molecule has 0 unspecified atom stereocenters. The molecule has 0 amide bonds. The third kappa shape index (κ3) is 3.89. The average molecular weight is 457 g/mol. The van der Waals surface area contributed by atoms with Gasteiger partial charge in [-0.15, -0.1) is 0 Å². The quantitative estimate of drug-likeness (QED) is 0.642. The maximum atomic E-state index is 13.2. The Morgan fingerprint density at radius 1 is 1.21 bits per heavy atom. The Balaban J connectivity index is 1.83. The van der Waals surface area contributed by atoms with E-state index in [2.05, 4.69) is 39.1 Å². The Kier molecular flexibility index (Phi) is 5.61. The summed E-state index contributed by atoms with van der Waals surface area (Å²) < 4.78 is 8.12. The van der Waals surface area contributed by atoms with Crippen molar-refractivity contribution < 1.29 is 4.74 Å². The highest BCUT2D eigenvalue weighted by Gasteiger charge is 2.21. The van der Waals surface area contributed by atoms with Gasteiger partial charge in [-0.2, -0.15) is 0 Å². The van der Waals surface area contributed by atoms with E-state index >= 15 is 0 Å². The number of hydrogen-bond acceptors (Lipinski definition) is 5. The summed E-state index contributed by atoms with van der Waals surface area (Å²) in [4.78, 5) is 20.3. The number of para-hydroxylation sites is 1. The second-order valence-electron chi connectivity index (χ2n) is 7.47. The Morgan fingerprint density at radius 2 is 1.93 bits per heavy atom. The molecule has 0 aliphatic carbocycles. The fourth-order valence-corrected chi connectivity index (χ4v) is 4.21. The number of aryl methyl sites for hydroxylation is 1. The molecule has 6 nitrogen and oxygen atoms in total. The van der Waals surface area contributed by atoms with Crippen molar-refractivity contribution in [2.24, 2.45) is 7.05 Å². The Bertz CT molecular complexity index is 1110. The predicted molar refractivity (Wildman–Crippen MR) is 121 cm³/mol. The zero-order valence-corrected chi connectivity index (χ0v) is 18.5. The van der Waals surface area contributed by atoms with Crippen molar-refractivity contribution in [2.45, 2.75) is 19.9 Å². The van der Waals surface area contributed by atoms with Crippen LogP contribution in [0.4, 0.5) is 11.6 Å². The van der Waals surface area contributed by atoms with Crippen molar-refractivity contribution >= 4 is 38.5 Å². The van der Waals surface area contributed by atoms with Gasteiger partial charge in [0.2, 0.25) is 5.95 Å². The van der Waals surface area contributed by atoms with Crippen molar-refractivity contribution in [1.29, 1.82) is 0 Å². The van der Waals surface area contributed by atoms with Crippen LogP contribution in [0, 0.1) is 6.92 Å². The number of rotatable bonds is 4. The molecule has 4 rings (SSSR count). The van der Waals surface area contributed by atoms with Gasteiger partial charge >= 0.3 is 0 Å². The molecule has 0 spiro atoms. The molecule has 0 saturated carbocycles. The Hall–Kier alpha value is -2.38. The number of aromatic nitrogens is 2. The van der Waals surface area contributed by atoms with Crippen molar-refractivity contribution in [1.82, 2.24) is 9.55 Å². The minimum Gasteiger partial charge on any atom is -0.378 e. The smallest absolute Gasteiger partial charge is 0.262 e. The first kappa shape index (κ1) is 19.9. The van der Waals surface area contributed by atoms with E-state index in [0.29, 0.717) is 24.5 Å². The number of halogens is 1. The van der Waals surface area contributed by atoms with E-state index < -0.39 is 0 Å². The zero-order valence-electron chi connectivity index (χ0n) is 16.9. The minimum absolute atomic E-state index is 0.0190. The van der Waals surface area contributed by atoms with Gasteiger partial charge in [0.25, 0.3) is 5.56 Å². The summed E-state index contributed by atoms with van der Waals surface area (Å²) >= 11 is 3.60. The summed E-state index contributed by atoms with van der Waals surface area (Å²) in [6, 6.07) is 12.1. The standard InChI is InChI=1S/C22H25BrN4O2/c1-14-12-16(15(2)24-19-7-5-4-6-18(19)23)20-17(13-14)21(28)26(3)22(25-20)27-8-10-29-11-9-27/h4-7,12-13,15,24H,8-11H2,1-3H3/t15-/m1/s1. The monoisotopic (exact) mass is 456 g/mol. The van der Waals surface area contributed by atoms with Crippen LogP contribution in [0.25, 0.3) is 10.9 Å². The van der Waals surface area contributed by atoms with Crippen LogP contribution in [0.2, 0.25) is 0 Å². The summed E-state index contributed by atoms with van der Waals surface area (Å²) in [5.41, 5.74) is 3.81. The second kappa shape index (κ2) is 8.16. The molecule has 7 heteroatoms. The van der Waals surface area contributed by atoms with Crippen LogP contribution in [0.15, 0.2) is 45.7 Å². The van der Waals surface area contributed by atoms with Gasteiger partial charge in [0.1, 0.15) is 0 Å². The van der Waals surface area contributed by atoms with Gasteiger partial charge in [-0.1, -0.05) is 18.2 Å². The molecule has 1 fully saturated rings. The molecular weight excluding hydrogens is 432 g/mol. The number of benzene rings is 2. The van der Waals surface area contributed by atoms with E-state index in [4.69, 9.17) is 9.72 Å². The van der Waals surface area contributed by atoms with Gasteiger partial charge in [-0.3, -0.25) is 9.36 Å². The first-order valence-electron chi connectivity index (χ1n) is 9.80. The lowest BCUT2D eigenvalue weighted by molar-refractivity contribution is 0.121.